The maximum Gasteiger partial charge on any atom is 0.227 e. The Labute approximate surface area is 339 Å². The molecule has 0 N–H and O–H groups in total. The molecular formula is C53H34N4O2. The highest BCUT2D eigenvalue weighted by Gasteiger charge is 2.35. The van der Waals surface area contributed by atoms with E-state index in [-0.39, 0.29) is 5.41 Å². The van der Waals surface area contributed by atoms with Crippen LogP contribution in [-0.4, -0.2) is 19.9 Å². The minimum Gasteiger partial charge on any atom is -0.456 e. The monoisotopic (exact) mass is 758 g/mol. The molecule has 6 heteroatoms. The molecule has 0 atom stereocenters. The highest BCUT2D eigenvalue weighted by Crippen LogP contribution is 2.50. The molecule has 0 fully saturated rings. The van der Waals surface area contributed by atoms with Crippen LogP contribution in [0.5, 0.6) is 0 Å². The molecule has 59 heavy (non-hydrogen) atoms. The summed E-state index contributed by atoms with van der Waals surface area (Å²) in [6, 6.07) is 58.5. The van der Waals surface area contributed by atoms with Crippen molar-refractivity contribution in [2.75, 3.05) is 0 Å². The zero-order valence-corrected chi connectivity index (χ0v) is 32.3. The van der Waals surface area contributed by atoms with E-state index < -0.39 is 0 Å². The summed E-state index contributed by atoms with van der Waals surface area (Å²) in [7, 11) is 0. The summed E-state index contributed by atoms with van der Waals surface area (Å²) < 4.78 is 13.0. The molecule has 12 rings (SSSR count). The average molecular weight is 759 g/mol. The molecule has 0 radical (unpaired) electrons. The Morgan fingerprint density at radius 2 is 1.02 bits per heavy atom. The molecule has 278 valence electrons. The Morgan fingerprint density at radius 1 is 0.390 bits per heavy atom. The molecule has 6 nitrogen and oxygen atoms in total. The number of oxazole rings is 1. The van der Waals surface area contributed by atoms with Crippen molar-refractivity contribution in [2.45, 2.75) is 19.3 Å². The molecule has 0 amide bonds. The fourth-order valence-electron chi connectivity index (χ4n) is 9.13. The van der Waals surface area contributed by atoms with Gasteiger partial charge in [-0.2, -0.15) is 0 Å². The van der Waals surface area contributed by atoms with Crippen molar-refractivity contribution in [2.24, 2.45) is 0 Å². The van der Waals surface area contributed by atoms with E-state index in [2.05, 4.69) is 123 Å². The number of benzene rings is 8. The molecular weight excluding hydrogens is 725 g/mol. The van der Waals surface area contributed by atoms with Gasteiger partial charge in [0.15, 0.2) is 23.1 Å². The van der Waals surface area contributed by atoms with Gasteiger partial charge in [-0.1, -0.05) is 141 Å². The molecule has 0 saturated heterocycles. The lowest BCUT2D eigenvalue weighted by Gasteiger charge is -2.21. The van der Waals surface area contributed by atoms with Crippen LogP contribution >= 0.6 is 0 Å². The molecule has 11 aromatic rings. The van der Waals surface area contributed by atoms with Gasteiger partial charge in [0.2, 0.25) is 5.89 Å². The number of rotatable bonds is 5. The van der Waals surface area contributed by atoms with Crippen LogP contribution in [0.3, 0.4) is 0 Å². The van der Waals surface area contributed by atoms with Crippen molar-refractivity contribution < 1.29 is 8.83 Å². The number of fused-ring (bicyclic) bond motifs is 10. The van der Waals surface area contributed by atoms with Crippen LogP contribution in [0, 0.1) is 0 Å². The summed E-state index contributed by atoms with van der Waals surface area (Å²) in [5, 5.41) is 3.86. The van der Waals surface area contributed by atoms with Crippen molar-refractivity contribution in [1.29, 1.82) is 0 Å². The topological polar surface area (TPSA) is 77.8 Å². The fraction of sp³-hybridized carbons (Fsp3) is 0.0566. The highest BCUT2D eigenvalue weighted by molar-refractivity contribution is 6.26. The van der Waals surface area contributed by atoms with Crippen LogP contribution in [0.25, 0.3) is 112 Å². The van der Waals surface area contributed by atoms with Crippen molar-refractivity contribution >= 4 is 43.8 Å². The van der Waals surface area contributed by atoms with Crippen LogP contribution in [0.15, 0.2) is 179 Å². The van der Waals surface area contributed by atoms with E-state index in [0.717, 1.165) is 71.6 Å². The lowest BCUT2D eigenvalue weighted by molar-refractivity contribution is 0.622. The Morgan fingerprint density at radius 3 is 1.83 bits per heavy atom. The second-order valence-corrected chi connectivity index (χ2v) is 15.8. The third kappa shape index (κ3) is 5.13. The summed E-state index contributed by atoms with van der Waals surface area (Å²) in [6.07, 6.45) is 0. The van der Waals surface area contributed by atoms with Gasteiger partial charge < -0.3 is 8.83 Å². The second-order valence-electron chi connectivity index (χ2n) is 15.8. The summed E-state index contributed by atoms with van der Waals surface area (Å²) in [4.78, 5) is 20.8. The Kier molecular flexibility index (Phi) is 7.17. The number of aromatic nitrogens is 4. The smallest absolute Gasteiger partial charge is 0.227 e. The molecule has 1 aliphatic rings. The first-order valence-corrected chi connectivity index (χ1v) is 19.9. The minimum absolute atomic E-state index is 0.175. The quantitative estimate of drug-likeness (QED) is 0.174. The van der Waals surface area contributed by atoms with E-state index in [1.165, 1.54) is 22.3 Å². The zero-order valence-electron chi connectivity index (χ0n) is 32.3. The maximum atomic E-state index is 6.54. The van der Waals surface area contributed by atoms with E-state index in [1.54, 1.807) is 0 Å². The third-order valence-corrected chi connectivity index (χ3v) is 12.0. The van der Waals surface area contributed by atoms with Crippen LogP contribution < -0.4 is 0 Å². The molecule has 0 saturated carbocycles. The first kappa shape index (κ1) is 33.4. The van der Waals surface area contributed by atoms with Crippen LogP contribution in [0.4, 0.5) is 0 Å². The molecule has 1 aliphatic carbocycles. The van der Waals surface area contributed by atoms with E-state index in [4.69, 9.17) is 28.8 Å². The Bertz CT molecular complexity index is 3470. The second kappa shape index (κ2) is 12.7. The summed E-state index contributed by atoms with van der Waals surface area (Å²) in [6.45, 7) is 4.60. The van der Waals surface area contributed by atoms with E-state index in [0.29, 0.717) is 28.9 Å². The normalized spacial score (nSPS) is 13.1. The molecule has 0 bridgehead atoms. The predicted molar refractivity (Wildman–Crippen MR) is 237 cm³/mol. The van der Waals surface area contributed by atoms with Gasteiger partial charge >= 0.3 is 0 Å². The van der Waals surface area contributed by atoms with Gasteiger partial charge in [-0.25, -0.2) is 19.9 Å². The van der Waals surface area contributed by atoms with Gasteiger partial charge in [0.05, 0.1) is 5.39 Å². The SMILES string of the molecule is CC1(C)c2ccccc2-c2ccc(-c3nc(-c4ccccc4-c4ccccc4)nc(-c4cccc5c4ccc4oc6ccc7nc(-c8ccccc8)oc7c6c45)n3)cc21. The number of hydrogen-bond donors (Lipinski definition) is 0. The van der Waals surface area contributed by atoms with Gasteiger partial charge in [-0.3, -0.25) is 0 Å². The first-order chi connectivity index (χ1) is 29.0. The third-order valence-electron chi connectivity index (χ3n) is 12.0. The van der Waals surface area contributed by atoms with E-state index in [9.17, 15) is 0 Å². The van der Waals surface area contributed by atoms with Crippen LogP contribution in [0.2, 0.25) is 0 Å². The zero-order chi connectivity index (χ0) is 39.2. The first-order valence-electron chi connectivity index (χ1n) is 19.9. The predicted octanol–water partition coefficient (Wildman–Crippen LogP) is 13.7. The van der Waals surface area contributed by atoms with Crippen molar-refractivity contribution in [3.05, 3.63) is 181 Å². The highest BCUT2D eigenvalue weighted by atomic mass is 16.4. The fourth-order valence-corrected chi connectivity index (χ4v) is 9.13. The number of nitrogens with zero attached hydrogens (tertiary/aromatic N) is 4. The number of hydrogen-bond acceptors (Lipinski definition) is 6. The van der Waals surface area contributed by atoms with Crippen LogP contribution in [0.1, 0.15) is 25.0 Å². The van der Waals surface area contributed by atoms with Crippen molar-refractivity contribution in [3.63, 3.8) is 0 Å². The Hall–Kier alpha value is -7.70. The molecule has 3 heterocycles. The van der Waals surface area contributed by atoms with Crippen molar-refractivity contribution in [1.82, 2.24) is 19.9 Å². The lowest BCUT2D eigenvalue weighted by Crippen LogP contribution is -2.15. The van der Waals surface area contributed by atoms with Gasteiger partial charge in [-0.15, -0.1) is 0 Å². The van der Waals surface area contributed by atoms with E-state index >= 15 is 0 Å². The van der Waals surface area contributed by atoms with Crippen LogP contribution in [-0.2, 0) is 5.41 Å². The Balaban J connectivity index is 1.09. The largest absolute Gasteiger partial charge is 0.456 e. The molecule has 0 aliphatic heterocycles. The molecule has 0 unspecified atom stereocenters. The van der Waals surface area contributed by atoms with Gasteiger partial charge in [0.25, 0.3) is 0 Å². The summed E-state index contributed by atoms with van der Waals surface area (Å²) in [5.74, 6) is 2.38. The van der Waals surface area contributed by atoms with Gasteiger partial charge in [0.1, 0.15) is 16.7 Å². The van der Waals surface area contributed by atoms with Crippen molar-refractivity contribution in [3.8, 4) is 67.9 Å². The van der Waals surface area contributed by atoms with E-state index in [1.807, 2.05) is 60.7 Å². The van der Waals surface area contributed by atoms with Gasteiger partial charge in [-0.05, 0) is 86.6 Å². The van der Waals surface area contributed by atoms with Gasteiger partial charge in [0, 0.05) is 33.1 Å². The number of furan rings is 1. The maximum absolute atomic E-state index is 6.54. The summed E-state index contributed by atoms with van der Waals surface area (Å²) >= 11 is 0. The molecule has 8 aromatic carbocycles. The summed E-state index contributed by atoms with van der Waals surface area (Å²) in [5.41, 5.74) is 13.8. The minimum atomic E-state index is -0.175. The standard InChI is InChI=1S/C53H34N4O2/c1-53(2)41-23-12-11-19-36(41)37-25-24-33(30-42(37)53)49-55-50(39-20-10-9-18-34(39)31-14-5-3-6-15-31)57-51(56-49)40-22-13-21-38-35(40)26-28-44-46(38)47-45(58-44)29-27-43-48(47)59-52(54-43)32-16-7-4-8-17-32/h3-30H,1-2H3. The molecule has 0 spiro atoms. The lowest BCUT2D eigenvalue weighted by atomic mass is 9.82. The molecule has 3 aromatic heterocycles. The average Bonchev–Trinajstić information content (AvgIpc) is 3.97.